The average molecular weight is 379 g/mol. The highest BCUT2D eigenvalue weighted by molar-refractivity contribution is 9.10. The minimum atomic E-state index is -0.791. The van der Waals surface area contributed by atoms with Crippen LogP contribution in [0.25, 0.3) is 5.69 Å². The minimum Gasteiger partial charge on any atom is -0.481 e. The number of amides is 1. The van der Waals surface area contributed by atoms with E-state index in [4.69, 9.17) is 5.11 Å². The number of aliphatic carboxylic acids is 1. The van der Waals surface area contributed by atoms with E-state index in [-0.39, 0.29) is 24.3 Å². The van der Waals surface area contributed by atoms with Crippen LogP contribution in [0, 0.1) is 5.92 Å². The van der Waals surface area contributed by atoms with Gasteiger partial charge in [-0.2, -0.15) is 5.10 Å². The van der Waals surface area contributed by atoms with Crippen molar-refractivity contribution in [3.05, 3.63) is 40.9 Å². The van der Waals surface area contributed by atoms with E-state index in [0.29, 0.717) is 24.1 Å². The molecule has 1 fully saturated rings. The van der Waals surface area contributed by atoms with Crippen LogP contribution >= 0.6 is 15.9 Å². The third-order valence-electron chi connectivity index (χ3n) is 3.90. The molecule has 0 unspecified atom stereocenters. The molecule has 2 aromatic rings. The van der Waals surface area contributed by atoms with Crippen molar-refractivity contribution < 1.29 is 14.7 Å². The Bertz CT molecular complexity index is 726. The zero-order chi connectivity index (χ0) is 16.4. The highest BCUT2D eigenvalue weighted by Gasteiger charge is 2.32. The SMILES string of the molecule is O=C(O)CC1CC(NC(=O)c2ccc(Br)cc2-n2cncn2)C1. The molecule has 1 aliphatic carbocycles. The lowest BCUT2D eigenvalue weighted by Crippen LogP contribution is -2.45. The number of carbonyl (C=O) groups is 2. The summed E-state index contributed by atoms with van der Waals surface area (Å²) in [6.07, 6.45) is 4.51. The van der Waals surface area contributed by atoms with Gasteiger partial charge in [-0.05, 0) is 37.0 Å². The molecule has 1 aromatic carbocycles. The van der Waals surface area contributed by atoms with Gasteiger partial charge in [0.2, 0.25) is 0 Å². The van der Waals surface area contributed by atoms with Gasteiger partial charge in [0, 0.05) is 16.9 Å². The molecule has 0 bridgehead atoms. The smallest absolute Gasteiger partial charge is 0.303 e. The molecule has 1 saturated carbocycles. The molecule has 120 valence electrons. The number of hydrogen-bond donors (Lipinski definition) is 2. The van der Waals surface area contributed by atoms with Gasteiger partial charge in [0.05, 0.1) is 11.3 Å². The van der Waals surface area contributed by atoms with E-state index in [1.807, 2.05) is 0 Å². The van der Waals surface area contributed by atoms with E-state index in [9.17, 15) is 9.59 Å². The minimum absolute atomic E-state index is 0.0269. The van der Waals surface area contributed by atoms with Gasteiger partial charge >= 0.3 is 5.97 Å². The predicted molar refractivity (Wildman–Crippen MR) is 85.3 cm³/mol. The molecule has 2 N–H and O–H groups in total. The van der Waals surface area contributed by atoms with Gasteiger partial charge in [-0.25, -0.2) is 9.67 Å². The molecule has 0 atom stereocenters. The number of rotatable bonds is 5. The zero-order valence-electron chi connectivity index (χ0n) is 12.1. The van der Waals surface area contributed by atoms with Gasteiger partial charge in [0.1, 0.15) is 12.7 Å². The number of hydrogen-bond acceptors (Lipinski definition) is 4. The summed E-state index contributed by atoms with van der Waals surface area (Å²) in [5, 5.41) is 15.8. The van der Waals surface area contributed by atoms with Crippen LogP contribution in [0.1, 0.15) is 29.6 Å². The van der Waals surface area contributed by atoms with E-state index in [1.165, 1.54) is 17.3 Å². The van der Waals surface area contributed by atoms with Crippen molar-refractivity contribution in [2.45, 2.75) is 25.3 Å². The van der Waals surface area contributed by atoms with E-state index < -0.39 is 5.97 Å². The first-order valence-electron chi connectivity index (χ1n) is 7.20. The predicted octanol–water partition coefficient (Wildman–Crippen LogP) is 2.01. The quantitative estimate of drug-likeness (QED) is 0.829. The fraction of sp³-hybridized carbons (Fsp3) is 0.333. The summed E-state index contributed by atoms with van der Waals surface area (Å²) in [5.41, 5.74) is 1.14. The van der Waals surface area contributed by atoms with Gasteiger partial charge in [0.15, 0.2) is 0 Å². The van der Waals surface area contributed by atoms with Crippen LogP contribution in [-0.4, -0.2) is 37.8 Å². The molecule has 7 nitrogen and oxygen atoms in total. The first-order valence-corrected chi connectivity index (χ1v) is 7.99. The number of nitrogens with zero attached hydrogens (tertiary/aromatic N) is 3. The molecule has 1 heterocycles. The summed E-state index contributed by atoms with van der Waals surface area (Å²) in [6.45, 7) is 0. The van der Waals surface area contributed by atoms with Crippen molar-refractivity contribution in [1.82, 2.24) is 20.1 Å². The molecule has 1 aromatic heterocycles. The second-order valence-corrected chi connectivity index (χ2v) is 6.52. The summed E-state index contributed by atoms with van der Waals surface area (Å²) in [7, 11) is 0. The van der Waals surface area contributed by atoms with Crippen LogP contribution < -0.4 is 5.32 Å². The van der Waals surface area contributed by atoms with Crippen molar-refractivity contribution in [3.8, 4) is 5.69 Å². The lowest BCUT2D eigenvalue weighted by Gasteiger charge is -2.35. The lowest BCUT2D eigenvalue weighted by atomic mass is 9.78. The molecule has 0 spiro atoms. The molecule has 8 heteroatoms. The van der Waals surface area contributed by atoms with Crippen LogP contribution in [0.2, 0.25) is 0 Å². The van der Waals surface area contributed by atoms with Crippen molar-refractivity contribution in [2.75, 3.05) is 0 Å². The largest absolute Gasteiger partial charge is 0.481 e. The summed E-state index contributed by atoms with van der Waals surface area (Å²) in [6, 6.07) is 5.35. The monoisotopic (exact) mass is 378 g/mol. The Labute approximate surface area is 140 Å². The number of carboxylic acids is 1. The van der Waals surface area contributed by atoms with E-state index in [2.05, 4.69) is 31.3 Å². The van der Waals surface area contributed by atoms with Crippen LogP contribution in [0.15, 0.2) is 35.3 Å². The van der Waals surface area contributed by atoms with E-state index >= 15 is 0 Å². The van der Waals surface area contributed by atoms with Gasteiger partial charge in [-0.3, -0.25) is 9.59 Å². The van der Waals surface area contributed by atoms with Crippen LogP contribution in [0.3, 0.4) is 0 Å². The molecule has 23 heavy (non-hydrogen) atoms. The number of aromatic nitrogens is 3. The molecule has 0 aliphatic heterocycles. The summed E-state index contributed by atoms with van der Waals surface area (Å²) < 4.78 is 2.37. The fourth-order valence-corrected chi connectivity index (χ4v) is 3.10. The third kappa shape index (κ3) is 3.58. The number of carboxylic acid groups (broad SMARTS) is 1. The summed E-state index contributed by atoms with van der Waals surface area (Å²) in [4.78, 5) is 27.1. The van der Waals surface area contributed by atoms with Gasteiger partial charge in [-0.15, -0.1) is 0 Å². The van der Waals surface area contributed by atoms with E-state index in [0.717, 1.165) is 4.47 Å². The molecule has 3 rings (SSSR count). The first kappa shape index (κ1) is 15.7. The maximum absolute atomic E-state index is 12.5. The maximum Gasteiger partial charge on any atom is 0.303 e. The summed E-state index contributed by atoms with van der Waals surface area (Å²) >= 11 is 3.39. The van der Waals surface area contributed by atoms with Crippen molar-refractivity contribution in [2.24, 2.45) is 5.92 Å². The van der Waals surface area contributed by atoms with Crippen molar-refractivity contribution >= 4 is 27.8 Å². The fourth-order valence-electron chi connectivity index (χ4n) is 2.75. The Morgan fingerprint density at radius 3 is 2.83 bits per heavy atom. The van der Waals surface area contributed by atoms with Crippen molar-refractivity contribution in [1.29, 1.82) is 0 Å². The Kier molecular flexibility index (Phi) is 4.42. The number of benzene rings is 1. The molecular weight excluding hydrogens is 364 g/mol. The summed E-state index contributed by atoms with van der Waals surface area (Å²) in [5.74, 6) is -0.833. The Balaban J connectivity index is 1.70. The number of nitrogens with one attached hydrogen (secondary N) is 1. The van der Waals surface area contributed by atoms with Crippen molar-refractivity contribution in [3.63, 3.8) is 0 Å². The van der Waals surface area contributed by atoms with E-state index in [1.54, 1.807) is 18.2 Å². The normalized spacial score (nSPS) is 19.9. The second-order valence-electron chi connectivity index (χ2n) is 5.61. The Morgan fingerprint density at radius 2 is 2.17 bits per heavy atom. The average Bonchev–Trinajstić information content (AvgIpc) is 2.98. The standard InChI is InChI=1S/C15H15BrN4O3/c16-10-1-2-12(13(6-10)20-8-17-7-18-20)15(23)19-11-3-9(4-11)5-14(21)22/h1-2,6-9,11H,3-5H2,(H,19,23)(H,21,22). The topological polar surface area (TPSA) is 97.1 Å². The zero-order valence-corrected chi connectivity index (χ0v) is 13.7. The van der Waals surface area contributed by atoms with Crippen LogP contribution in [-0.2, 0) is 4.79 Å². The first-order chi connectivity index (χ1) is 11.0. The molecular formula is C15H15BrN4O3. The van der Waals surface area contributed by atoms with Gasteiger partial charge in [-0.1, -0.05) is 15.9 Å². The highest BCUT2D eigenvalue weighted by Crippen LogP contribution is 2.30. The molecule has 0 saturated heterocycles. The van der Waals surface area contributed by atoms with Gasteiger partial charge < -0.3 is 10.4 Å². The molecule has 1 aliphatic rings. The van der Waals surface area contributed by atoms with Gasteiger partial charge in [0.25, 0.3) is 5.91 Å². The lowest BCUT2D eigenvalue weighted by molar-refractivity contribution is -0.138. The number of carbonyl (C=O) groups excluding carboxylic acids is 1. The Hall–Kier alpha value is -2.22. The highest BCUT2D eigenvalue weighted by atomic mass is 79.9. The maximum atomic E-state index is 12.5. The Morgan fingerprint density at radius 1 is 1.39 bits per heavy atom. The van der Waals surface area contributed by atoms with Crippen LogP contribution in [0.5, 0.6) is 0 Å². The molecule has 0 radical (unpaired) electrons. The number of halogens is 1. The second kappa shape index (κ2) is 6.49. The van der Waals surface area contributed by atoms with Crippen LogP contribution in [0.4, 0.5) is 0 Å². The molecule has 1 amide bonds. The third-order valence-corrected chi connectivity index (χ3v) is 4.40.